The fraction of sp³-hybridized carbons (Fsp3) is 0.533. The maximum atomic E-state index is 12.5. The highest BCUT2D eigenvalue weighted by Gasteiger charge is 2.29. The Bertz CT molecular complexity index is 459. The molecule has 1 aliphatic heterocycles. The fourth-order valence-electron chi connectivity index (χ4n) is 2.77. The lowest BCUT2D eigenvalue weighted by Crippen LogP contribution is -2.36. The number of likely N-dealkylation sites (tertiary alicyclic amines) is 1. The van der Waals surface area contributed by atoms with Gasteiger partial charge in [0.15, 0.2) is 0 Å². The highest BCUT2D eigenvalue weighted by atomic mass is 16.3. The van der Waals surface area contributed by atoms with E-state index in [1.165, 1.54) is 0 Å². The van der Waals surface area contributed by atoms with Crippen LogP contribution in [-0.4, -0.2) is 40.2 Å². The SMILES string of the molecule is Cc1cc(O)ccc1C(=O)N1CCCC1CCCO. The number of phenols is 1. The van der Waals surface area contributed by atoms with E-state index < -0.39 is 0 Å². The first-order valence-corrected chi connectivity index (χ1v) is 6.85. The van der Waals surface area contributed by atoms with Gasteiger partial charge in [-0.25, -0.2) is 0 Å². The Morgan fingerprint density at radius 3 is 2.95 bits per heavy atom. The van der Waals surface area contributed by atoms with Crippen LogP contribution in [0.2, 0.25) is 0 Å². The molecule has 1 unspecified atom stereocenters. The van der Waals surface area contributed by atoms with Crippen LogP contribution in [0.3, 0.4) is 0 Å². The number of hydrogen-bond acceptors (Lipinski definition) is 3. The van der Waals surface area contributed by atoms with E-state index in [2.05, 4.69) is 0 Å². The summed E-state index contributed by atoms with van der Waals surface area (Å²) in [5.41, 5.74) is 1.46. The first kappa shape index (κ1) is 13.9. The minimum absolute atomic E-state index is 0.0398. The number of amides is 1. The molecule has 1 fully saturated rings. The predicted molar refractivity (Wildman–Crippen MR) is 73.2 cm³/mol. The van der Waals surface area contributed by atoms with Gasteiger partial charge < -0.3 is 15.1 Å². The van der Waals surface area contributed by atoms with Gasteiger partial charge in [-0.15, -0.1) is 0 Å². The van der Waals surface area contributed by atoms with E-state index in [1.54, 1.807) is 18.2 Å². The summed E-state index contributed by atoms with van der Waals surface area (Å²) in [5.74, 6) is 0.227. The van der Waals surface area contributed by atoms with Crippen LogP contribution in [0.25, 0.3) is 0 Å². The molecule has 0 spiro atoms. The Kier molecular flexibility index (Phi) is 4.43. The summed E-state index contributed by atoms with van der Waals surface area (Å²) in [5, 5.41) is 18.3. The van der Waals surface area contributed by atoms with Gasteiger partial charge in [0.2, 0.25) is 0 Å². The lowest BCUT2D eigenvalue weighted by Gasteiger charge is -2.25. The van der Waals surface area contributed by atoms with Gasteiger partial charge >= 0.3 is 0 Å². The first-order chi connectivity index (χ1) is 9.13. The minimum Gasteiger partial charge on any atom is -0.508 e. The van der Waals surface area contributed by atoms with Gasteiger partial charge in [-0.3, -0.25) is 4.79 Å². The van der Waals surface area contributed by atoms with Crippen molar-refractivity contribution in [3.05, 3.63) is 29.3 Å². The number of hydrogen-bond donors (Lipinski definition) is 2. The molecule has 0 saturated carbocycles. The van der Waals surface area contributed by atoms with E-state index in [1.807, 2.05) is 11.8 Å². The van der Waals surface area contributed by atoms with Crippen molar-refractivity contribution in [3.8, 4) is 5.75 Å². The molecule has 2 rings (SSSR count). The zero-order chi connectivity index (χ0) is 13.8. The number of aryl methyl sites for hydroxylation is 1. The van der Waals surface area contributed by atoms with Crippen molar-refractivity contribution in [2.24, 2.45) is 0 Å². The van der Waals surface area contributed by atoms with Crippen molar-refractivity contribution in [3.63, 3.8) is 0 Å². The molecule has 0 aliphatic carbocycles. The van der Waals surface area contributed by atoms with Gasteiger partial charge in [-0.2, -0.15) is 0 Å². The third kappa shape index (κ3) is 3.07. The van der Waals surface area contributed by atoms with Crippen molar-refractivity contribution < 1.29 is 15.0 Å². The van der Waals surface area contributed by atoms with Crippen LogP contribution in [0.4, 0.5) is 0 Å². The number of phenolic OH excluding ortho intramolecular Hbond substituents is 1. The molecule has 2 N–H and O–H groups in total. The Balaban J connectivity index is 2.13. The van der Waals surface area contributed by atoms with Crippen molar-refractivity contribution in [2.75, 3.05) is 13.2 Å². The van der Waals surface area contributed by atoms with E-state index >= 15 is 0 Å². The summed E-state index contributed by atoms with van der Waals surface area (Å²) >= 11 is 0. The number of carbonyl (C=O) groups excluding carboxylic acids is 1. The Morgan fingerprint density at radius 1 is 1.47 bits per heavy atom. The van der Waals surface area contributed by atoms with Gasteiger partial charge in [-0.05, 0) is 56.4 Å². The molecule has 1 aromatic rings. The van der Waals surface area contributed by atoms with Crippen LogP contribution in [0.15, 0.2) is 18.2 Å². The van der Waals surface area contributed by atoms with Crippen molar-refractivity contribution in [1.29, 1.82) is 0 Å². The Hall–Kier alpha value is -1.55. The summed E-state index contributed by atoms with van der Waals surface area (Å²) in [6.07, 6.45) is 3.64. The summed E-state index contributed by atoms with van der Waals surface area (Å²) in [7, 11) is 0. The highest BCUT2D eigenvalue weighted by Crippen LogP contribution is 2.25. The molecule has 1 heterocycles. The number of aliphatic hydroxyl groups excluding tert-OH is 1. The van der Waals surface area contributed by atoms with Gasteiger partial charge in [-0.1, -0.05) is 0 Å². The van der Waals surface area contributed by atoms with Crippen molar-refractivity contribution >= 4 is 5.91 Å². The van der Waals surface area contributed by atoms with Gasteiger partial charge in [0.1, 0.15) is 5.75 Å². The van der Waals surface area contributed by atoms with Crippen LogP contribution in [-0.2, 0) is 0 Å². The van der Waals surface area contributed by atoms with Gasteiger partial charge in [0.25, 0.3) is 5.91 Å². The van der Waals surface area contributed by atoms with Crippen LogP contribution in [0, 0.1) is 6.92 Å². The van der Waals surface area contributed by atoms with Gasteiger partial charge in [0.05, 0.1) is 0 Å². The molecule has 4 heteroatoms. The summed E-state index contributed by atoms with van der Waals surface area (Å²) < 4.78 is 0. The lowest BCUT2D eigenvalue weighted by molar-refractivity contribution is 0.0723. The second-order valence-electron chi connectivity index (χ2n) is 5.16. The standard InChI is InChI=1S/C15H21NO3/c1-11-10-13(18)6-7-14(11)15(19)16-8-2-4-12(16)5-3-9-17/h6-7,10,12,17-18H,2-5,8-9H2,1H3. The first-order valence-electron chi connectivity index (χ1n) is 6.85. The second-order valence-corrected chi connectivity index (χ2v) is 5.16. The van der Waals surface area contributed by atoms with Crippen LogP contribution >= 0.6 is 0 Å². The second kappa shape index (κ2) is 6.06. The molecule has 0 bridgehead atoms. The number of aromatic hydroxyl groups is 1. The quantitative estimate of drug-likeness (QED) is 0.874. The molecule has 104 valence electrons. The Labute approximate surface area is 113 Å². The monoisotopic (exact) mass is 263 g/mol. The molecule has 19 heavy (non-hydrogen) atoms. The topological polar surface area (TPSA) is 60.8 Å². The maximum absolute atomic E-state index is 12.5. The Morgan fingerprint density at radius 2 is 2.26 bits per heavy atom. The van der Waals surface area contributed by atoms with Crippen molar-refractivity contribution in [2.45, 2.75) is 38.6 Å². The zero-order valence-electron chi connectivity index (χ0n) is 11.3. The average Bonchev–Trinajstić information content (AvgIpc) is 2.83. The number of benzene rings is 1. The number of carbonyl (C=O) groups is 1. The normalized spacial score (nSPS) is 18.8. The van der Waals surface area contributed by atoms with Crippen LogP contribution < -0.4 is 0 Å². The average molecular weight is 263 g/mol. The number of nitrogens with zero attached hydrogens (tertiary/aromatic N) is 1. The van der Waals surface area contributed by atoms with E-state index in [9.17, 15) is 9.90 Å². The number of rotatable bonds is 4. The summed E-state index contributed by atoms with van der Waals surface area (Å²) in [6.45, 7) is 2.80. The van der Waals surface area contributed by atoms with Gasteiger partial charge in [0, 0.05) is 24.8 Å². The molecule has 4 nitrogen and oxygen atoms in total. The molecule has 0 aromatic heterocycles. The van der Waals surface area contributed by atoms with Crippen LogP contribution in [0.5, 0.6) is 5.75 Å². The van der Waals surface area contributed by atoms with E-state index in [0.717, 1.165) is 37.8 Å². The molecule has 1 aliphatic rings. The third-order valence-electron chi connectivity index (χ3n) is 3.77. The number of aliphatic hydroxyl groups is 1. The van der Waals surface area contributed by atoms with Crippen molar-refractivity contribution in [1.82, 2.24) is 4.90 Å². The smallest absolute Gasteiger partial charge is 0.254 e. The molecule has 1 amide bonds. The molecule has 0 radical (unpaired) electrons. The predicted octanol–water partition coefficient (Wildman–Crippen LogP) is 2.08. The fourth-order valence-corrected chi connectivity index (χ4v) is 2.77. The maximum Gasteiger partial charge on any atom is 0.254 e. The van der Waals surface area contributed by atoms with Crippen LogP contribution in [0.1, 0.15) is 41.6 Å². The lowest BCUT2D eigenvalue weighted by atomic mass is 10.1. The summed E-state index contributed by atoms with van der Waals surface area (Å²) in [4.78, 5) is 14.4. The highest BCUT2D eigenvalue weighted by molar-refractivity contribution is 5.96. The molecular weight excluding hydrogens is 242 g/mol. The molecule has 1 aromatic carbocycles. The van der Waals surface area contributed by atoms with E-state index in [-0.39, 0.29) is 24.3 Å². The molecular formula is C15H21NO3. The molecule has 1 saturated heterocycles. The zero-order valence-corrected chi connectivity index (χ0v) is 11.3. The molecule has 1 atom stereocenters. The third-order valence-corrected chi connectivity index (χ3v) is 3.77. The van der Waals surface area contributed by atoms with E-state index in [0.29, 0.717) is 5.56 Å². The minimum atomic E-state index is 0.0398. The largest absolute Gasteiger partial charge is 0.508 e. The van der Waals surface area contributed by atoms with E-state index in [4.69, 9.17) is 5.11 Å². The summed E-state index contributed by atoms with van der Waals surface area (Å²) in [6, 6.07) is 5.10.